The fourth-order valence-electron chi connectivity index (χ4n) is 4.64. The Bertz CT molecular complexity index is 1500. The van der Waals surface area contributed by atoms with E-state index in [9.17, 15) is 35.5 Å². The van der Waals surface area contributed by atoms with Crippen LogP contribution in [0.5, 0.6) is 5.75 Å². The Balaban J connectivity index is 1.80. The standard InChI is InChI=1S/C23H27F5N6O3S/c1-22(2,3)9-12-11-33(38(5,36)37)6-7-34(12)21-29-10-14-18(31-32(4)20(14)30-21)13-8-15(23(26,27)28)17(25)19(35)16(13)24/h8,10,12,35H,6-7,9,11H2,1-5H3/t12-/m0/s1. The van der Waals surface area contributed by atoms with Gasteiger partial charge in [0.05, 0.1) is 17.2 Å². The highest BCUT2D eigenvalue weighted by Gasteiger charge is 2.39. The molecule has 1 N–H and O–H groups in total. The number of fused-ring (bicyclic) bond motifs is 1. The Morgan fingerprint density at radius 2 is 1.79 bits per heavy atom. The Hall–Kier alpha value is -3.07. The number of benzene rings is 1. The number of anilines is 1. The van der Waals surface area contributed by atoms with Crippen LogP contribution < -0.4 is 4.90 Å². The van der Waals surface area contributed by atoms with Crippen molar-refractivity contribution < 1.29 is 35.5 Å². The van der Waals surface area contributed by atoms with Crippen LogP contribution >= 0.6 is 0 Å². The van der Waals surface area contributed by atoms with Crippen LogP contribution in [0.1, 0.15) is 32.8 Å². The monoisotopic (exact) mass is 562 g/mol. The number of hydrogen-bond donors (Lipinski definition) is 1. The molecule has 0 unspecified atom stereocenters. The highest BCUT2D eigenvalue weighted by molar-refractivity contribution is 7.88. The van der Waals surface area contributed by atoms with E-state index in [2.05, 4.69) is 15.1 Å². The molecule has 2 aromatic heterocycles. The minimum absolute atomic E-state index is 0.0800. The van der Waals surface area contributed by atoms with Crippen molar-refractivity contribution in [3.63, 3.8) is 0 Å². The van der Waals surface area contributed by atoms with Gasteiger partial charge < -0.3 is 10.0 Å². The maximum atomic E-state index is 14.8. The average Bonchev–Trinajstić information content (AvgIpc) is 3.10. The molecule has 1 atom stereocenters. The lowest BCUT2D eigenvalue weighted by molar-refractivity contribution is -0.140. The minimum Gasteiger partial charge on any atom is -0.503 e. The first-order chi connectivity index (χ1) is 17.4. The van der Waals surface area contributed by atoms with E-state index in [0.29, 0.717) is 13.0 Å². The first kappa shape index (κ1) is 28.0. The van der Waals surface area contributed by atoms with Gasteiger partial charge in [-0.3, -0.25) is 0 Å². The zero-order chi connectivity index (χ0) is 28.4. The molecular weight excluding hydrogens is 535 g/mol. The van der Waals surface area contributed by atoms with Crippen LogP contribution in [0.2, 0.25) is 0 Å². The number of aromatic hydroxyl groups is 1. The third-order valence-corrected chi connectivity index (χ3v) is 7.59. The lowest BCUT2D eigenvalue weighted by Gasteiger charge is -2.42. The van der Waals surface area contributed by atoms with Crippen molar-refractivity contribution in [1.29, 1.82) is 0 Å². The third kappa shape index (κ3) is 5.25. The Kier molecular flexibility index (Phi) is 6.83. The molecule has 1 aromatic carbocycles. The maximum Gasteiger partial charge on any atom is 0.419 e. The molecule has 0 aliphatic carbocycles. The number of aromatic nitrogens is 4. The zero-order valence-electron chi connectivity index (χ0n) is 21.3. The fourth-order valence-corrected chi connectivity index (χ4v) is 5.50. The summed E-state index contributed by atoms with van der Waals surface area (Å²) in [4.78, 5) is 10.7. The van der Waals surface area contributed by atoms with E-state index in [4.69, 9.17) is 0 Å². The van der Waals surface area contributed by atoms with Gasteiger partial charge in [0.1, 0.15) is 5.69 Å². The van der Waals surface area contributed by atoms with E-state index in [0.717, 1.165) is 6.26 Å². The number of phenolic OH excluding ortho intramolecular Hbond substituents is 1. The molecule has 1 fully saturated rings. The molecule has 0 bridgehead atoms. The number of piperazine rings is 1. The third-order valence-electron chi connectivity index (χ3n) is 6.32. The predicted octanol–water partition coefficient (Wildman–Crippen LogP) is 3.92. The number of alkyl halides is 3. The van der Waals surface area contributed by atoms with Crippen molar-refractivity contribution in [3.8, 4) is 17.0 Å². The summed E-state index contributed by atoms with van der Waals surface area (Å²) in [5.74, 6) is -5.23. The van der Waals surface area contributed by atoms with Crippen molar-refractivity contribution in [3.05, 3.63) is 29.5 Å². The van der Waals surface area contributed by atoms with Crippen molar-refractivity contribution >= 4 is 27.0 Å². The lowest BCUT2D eigenvalue weighted by atomic mass is 9.87. The second-order valence-corrected chi connectivity index (χ2v) is 12.5. The largest absolute Gasteiger partial charge is 0.503 e. The van der Waals surface area contributed by atoms with Crippen molar-refractivity contribution in [2.24, 2.45) is 12.5 Å². The summed E-state index contributed by atoms with van der Waals surface area (Å²) in [5, 5.41) is 13.9. The smallest absolute Gasteiger partial charge is 0.419 e. The van der Waals surface area contributed by atoms with E-state index in [-0.39, 0.29) is 53.3 Å². The molecule has 1 saturated heterocycles. The topological polar surface area (TPSA) is 104 Å². The summed E-state index contributed by atoms with van der Waals surface area (Å²) in [6.07, 6.45) is -2.16. The first-order valence-electron chi connectivity index (χ1n) is 11.6. The van der Waals surface area contributed by atoms with Gasteiger partial charge in [0.15, 0.2) is 23.0 Å². The summed E-state index contributed by atoms with van der Waals surface area (Å²) in [6, 6.07) is -0.0198. The molecule has 0 spiro atoms. The minimum atomic E-state index is -5.19. The van der Waals surface area contributed by atoms with E-state index in [1.165, 1.54) is 22.2 Å². The molecule has 4 rings (SSSR count). The number of sulfonamides is 1. The van der Waals surface area contributed by atoms with Gasteiger partial charge in [-0.15, -0.1) is 0 Å². The van der Waals surface area contributed by atoms with Gasteiger partial charge in [0.25, 0.3) is 0 Å². The van der Waals surface area contributed by atoms with Gasteiger partial charge in [-0.25, -0.2) is 26.9 Å². The van der Waals surface area contributed by atoms with Gasteiger partial charge in [-0.2, -0.15) is 27.6 Å². The number of halogens is 5. The quantitative estimate of drug-likeness (QED) is 0.481. The number of rotatable bonds is 4. The van der Waals surface area contributed by atoms with Crippen LogP contribution in [0.25, 0.3) is 22.3 Å². The van der Waals surface area contributed by atoms with Crippen molar-refractivity contribution in [1.82, 2.24) is 24.1 Å². The molecule has 1 aliphatic rings. The van der Waals surface area contributed by atoms with Crippen LogP contribution in [0, 0.1) is 17.0 Å². The van der Waals surface area contributed by atoms with Gasteiger partial charge in [-0.1, -0.05) is 20.8 Å². The summed E-state index contributed by atoms with van der Waals surface area (Å²) in [7, 11) is -1.98. The van der Waals surface area contributed by atoms with Crippen LogP contribution in [-0.2, 0) is 23.2 Å². The van der Waals surface area contributed by atoms with E-state index < -0.39 is 44.7 Å². The lowest BCUT2D eigenvalue weighted by Crippen LogP contribution is -2.56. The zero-order valence-corrected chi connectivity index (χ0v) is 22.1. The number of nitrogens with zero attached hydrogens (tertiary/aromatic N) is 6. The predicted molar refractivity (Wildman–Crippen MR) is 130 cm³/mol. The average molecular weight is 563 g/mol. The van der Waals surface area contributed by atoms with Crippen LogP contribution in [0.4, 0.5) is 27.9 Å². The second kappa shape index (κ2) is 9.29. The normalized spacial score (nSPS) is 17.9. The molecule has 38 heavy (non-hydrogen) atoms. The maximum absolute atomic E-state index is 14.8. The summed E-state index contributed by atoms with van der Waals surface area (Å²) in [6.45, 7) is 6.77. The number of hydrogen-bond acceptors (Lipinski definition) is 7. The Morgan fingerprint density at radius 3 is 2.37 bits per heavy atom. The highest BCUT2D eigenvalue weighted by atomic mass is 32.2. The van der Waals surface area contributed by atoms with Crippen molar-refractivity contribution in [2.45, 2.75) is 39.4 Å². The molecule has 15 heteroatoms. The van der Waals surface area contributed by atoms with Gasteiger partial charge >= 0.3 is 6.18 Å². The van der Waals surface area contributed by atoms with Gasteiger partial charge in [0, 0.05) is 44.5 Å². The van der Waals surface area contributed by atoms with E-state index in [1.807, 2.05) is 25.7 Å². The molecule has 3 aromatic rings. The molecular formula is C23H27F5N6O3S. The molecule has 0 amide bonds. The van der Waals surface area contributed by atoms with Crippen molar-refractivity contribution in [2.75, 3.05) is 30.8 Å². The molecule has 3 heterocycles. The highest BCUT2D eigenvalue weighted by Crippen LogP contribution is 2.41. The summed E-state index contributed by atoms with van der Waals surface area (Å²) in [5.41, 5.74) is -2.91. The molecule has 9 nitrogen and oxygen atoms in total. The fraction of sp³-hybridized carbons (Fsp3) is 0.522. The van der Waals surface area contributed by atoms with Gasteiger partial charge in [-0.05, 0) is 17.9 Å². The number of phenols is 1. The first-order valence-corrected chi connectivity index (χ1v) is 13.4. The van der Waals surface area contributed by atoms with Crippen LogP contribution in [-0.4, -0.2) is 69.5 Å². The molecule has 1 aliphatic heterocycles. The Morgan fingerprint density at radius 1 is 1.13 bits per heavy atom. The molecule has 208 valence electrons. The molecule has 0 radical (unpaired) electrons. The van der Waals surface area contributed by atoms with E-state index in [1.54, 1.807) is 0 Å². The summed E-state index contributed by atoms with van der Waals surface area (Å²) < 4.78 is 95.7. The second-order valence-electron chi connectivity index (χ2n) is 10.6. The van der Waals surface area contributed by atoms with Gasteiger partial charge in [0.2, 0.25) is 16.0 Å². The SMILES string of the molecule is Cn1nc(-c2cc(C(F)(F)F)c(F)c(O)c2F)c2cnc(N3CCN(S(C)(=O)=O)C[C@@H]3CC(C)(C)C)nc21. The summed E-state index contributed by atoms with van der Waals surface area (Å²) >= 11 is 0. The molecule has 0 saturated carbocycles. The van der Waals surface area contributed by atoms with E-state index >= 15 is 0 Å². The number of aryl methyl sites for hydroxylation is 1. The Labute approximate surface area is 215 Å². The van der Waals surface area contributed by atoms with Crippen LogP contribution in [0.15, 0.2) is 12.3 Å². The van der Waals surface area contributed by atoms with Crippen LogP contribution in [0.3, 0.4) is 0 Å².